The zero-order valence-electron chi connectivity index (χ0n) is 10.3. The van der Waals surface area contributed by atoms with E-state index in [-0.39, 0.29) is 18.4 Å². The Morgan fingerprint density at radius 2 is 2.24 bits per heavy atom. The number of carbonyl (C=O) groups excluding carboxylic acids is 1. The average molecular weight is 237 g/mol. The molecule has 6 heteroatoms. The monoisotopic (exact) mass is 237 g/mol. The molecular formula is C11H19N5O. The first-order valence-corrected chi connectivity index (χ1v) is 5.67. The van der Waals surface area contributed by atoms with E-state index in [9.17, 15) is 4.79 Å². The molecule has 0 aliphatic heterocycles. The molecule has 0 saturated carbocycles. The summed E-state index contributed by atoms with van der Waals surface area (Å²) >= 11 is 0. The molecule has 0 spiro atoms. The van der Waals surface area contributed by atoms with Gasteiger partial charge in [0, 0.05) is 18.3 Å². The molecule has 0 saturated heterocycles. The third kappa shape index (κ3) is 3.90. The Kier molecular flexibility index (Phi) is 4.68. The lowest BCUT2D eigenvalue weighted by molar-refractivity contribution is -0.116. The summed E-state index contributed by atoms with van der Waals surface area (Å²) in [6.07, 6.45) is 3.66. The summed E-state index contributed by atoms with van der Waals surface area (Å²) < 4.78 is 0. The van der Waals surface area contributed by atoms with Gasteiger partial charge in [-0.25, -0.2) is 4.98 Å². The van der Waals surface area contributed by atoms with Crippen LogP contribution >= 0.6 is 0 Å². The van der Waals surface area contributed by atoms with E-state index in [2.05, 4.69) is 16.9 Å². The molecule has 0 aliphatic rings. The van der Waals surface area contributed by atoms with Crippen molar-refractivity contribution in [3.05, 3.63) is 11.8 Å². The van der Waals surface area contributed by atoms with E-state index in [0.717, 1.165) is 24.9 Å². The zero-order chi connectivity index (χ0) is 12.8. The molecule has 1 rings (SSSR count). The number of nitrogens with zero attached hydrogens (tertiary/aromatic N) is 3. The molecule has 0 radical (unpaired) electrons. The first kappa shape index (κ1) is 13.2. The molecule has 1 aromatic heterocycles. The third-order valence-electron chi connectivity index (χ3n) is 2.39. The Hall–Kier alpha value is -1.85. The summed E-state index contributed by atoms with van der Waals surface area (Å²) in [5, 5.41) is 0. The van der Waals surface area contributed by atoms with Crippen LogP contribution in [-0.4, -0.2) is 29.0 Å². The number of amides is 1. The van der Waals surface area contributed by atoms with Gasteiger partial charge < -0.3 is 16.4 Å². The van der Waals surface area contributed by atoms with Crippen LogP contribution in [-0.2, 0) is 4.79 Å². The van der Waals surface area contributed by atoms with Gasteiger partial charge in [0.25, 0.3) is 0 Å². The van der Waals surface area contributed by atoms with Crippen LogP contribution in [0.2, 0.25) is 0 Å². The first-order valence-electron chi connectivity index (χ1n) is 5.67. The van der Waals surface area contributed by atoms with Crippen molar-refractivity contribution in [3.63, 3.8) is 0 Å². The van der Waals surface area contributed by atoms with Gasteiger partial charge in [0.05, 0.1) is 6.54 Å². The van der Waals surface area contributed by atoms with E-state index in [1.165, 1.54) is 0 Å². The Bertz CT molecular complexity index is 393. The molecule has 0 bridgehead atoms. The fraction of sp³-hybridized carbons (Fsp3) is 0.545. The van der Waals surface area contributed by atoms with Gasteiger partial charge in [-0.15, -0.1) is 0 Å². The second kappa shape index (κ2) is 6.03. The highest BCUT2D eigenvalue weighted by atomic mass is 16.1. The second-order valence-electron chi connectivity index (χ2n) is 3.98. The van der Waals surface area contributed by atoms with Crippen LogP contribution in [0, 0.1) is 6.92 Å². The van der Waals surface area contributed by atoms with Crippen molar-refractivity contribution < 1.29 is 4.79 Å². The Labute approximate surface area is 101 Å². The Balaban J connectivity index is 2.93. The molecule has 0 unspecified atom stereocenters. The third-order valence-corrected chi connectivity index (χ3v) is 2.39. The maximum atomic E-state index is 11.0. The number of hydrogen-bond acceptors (Lipinski definition) is 5. The summed E-state index contributed by atoms with van der Waals surface area (Å²) in [6.45, 7) is 4.85. The number of aryl methyl sites for hydroxylation is 1. The average Bonchev–Trinajstić information content (AvgIpc) is 2.27. The van der Waals surface area contributed by atoms with Crippen molar-refractivity contribution >= 4 is 17.7 Å². The van der Waals surface area contributed by atoms with Crippen molar-refractivity contribution in [1.82, 2.24) is 9.97 Å². The van der Waals surface area contributed by atoms with Gasteiger partial charge in [-0.1, -0.05) is 13.3 Å². The van der Waals surface area contributed by atoms with Gasteiger partial charge in [-0.2, -0.15) is 4.98 Å². The Morgan fingerprint density at radius 3 is 2.82 bits per heavy atom. The molecule has 0 aliphatic carbocycles. The molecule has 4 N–H and O–H groups in total. The molecule has 1 aromatic rings. The van der Waals surface area contributed by atoms with E-state index >= 15 is 0 Å². The molecule has 17 heavy (non-hydrogen) atoms. The predicted octanol–water partition coefficient (Wildman–Crippen LogP) is 0.459. The quantitative estimate of drug-likeness (QED) is 0.749. The van der Waals surface area contributed by atoms with Gasteiger partial charge in [0.2, 0.25) is 11.9 Å². The van der Waals surface area contributed by atoms with Crippen LogP contribution in [0.4, 0.5) is 11.8 Å². The topological polar surface area (TPSA) is 98.1 Å². The molecule has 0 atom stereocenters. The number of unbranched alkanes of at least 4 members (excludes halogenated alkanes) is 1. The number of nitrogens with two attached hydrogens (primary N) is 2. The normalized spacial score (nSPS) is 10.2. The minimum atomic E-state index is -0.377. The van der Waals surface area contributed by atoms with Gasteiger partial charge in [-0.05, 0) is 13.3 Å². The standard InChI is InChI=1S/C11H19N5O/c1-3-4-5-16(7-9(12)17)10-8(2)6-14-11(13)15-10/h6H,3-5,7H2,1-2H3,(H2,12,17)(H2,13,14,15). The number of nitrogen functional groups attached to an aromatic ring is 1. The summed E-state index contributed by atoms with van der Waals surface area (Å²) in [6, 6.07) is 0. The van der Waals surface area contributed by atoms with E-state index in [4.69, 9.17) is 11.5 Å². The lowest BCUT2D eigenvalue weighted by atomic mass is 10.2. The van der Waals surface area contributed by atoms with Crippen molar-refractivity contribution in [2.24, 2.45) is 5.73 Å². The van der Waals surface area contributed by atoms with E-state index < -0.39 is 0 Å². The van der Waals surface area contributed by atoms with Crippen LogP contribution in [0.25, 0.3) is 0 Å². The molecule has 94 valence electrons. The summed E-state index contributed by atoms with van der Waals surface area (Å²) in [5.41, 5.74) is 11.7. The number of hydrogen-bond donors (Lipinski definition) is 2. The predicted molar refractivity (Wildman–Crippen MR) is 67.5 cm³/mol. The second-order valence-corrected chi connectivity index (χ2v) is 3.98. The van der Waals surface area contributed by atoms with Crippen molar-refractivity contribution in [1.29, 1.82) is 0 Å². The highest BCUT2D eigenvalue weighted by Crippen LogP contribution is 2.17. The fourth-order valence-electron chi connectivity index (χ4n) is 1.56. The number of anilines is 2. The van der Waals surface area contributed by atoms with Crippen LogP contribution in [0.1, 0.15) is 25.3 Å². The Morgan fingerprint density at radius 1 is 1.53 bits per heavy atom. The largest absolute Gasteiger partial charge is 0.368 e. The molecular weight excluding hydrogens is 218 g/mol. The molecule has 6 nitrogen and oxygen atoms in total. The smallest absolute Gasteiger partial charge is 0.236 e. The van der Waals surface area contributed by atoms with Crippen LogP contribution < -0.4 is 16.4 Å². The van der Waals surface area contributed by atoms with Crippen molar-refractivity contribution in [2.45, 2.75) is 26.7 Å². The van der Waals surface area contributed by atoms with E-state index in [1.54, 1.807) is 6.20 Å². The number of carbonyl (C=O) groups is 1. The van der Waals surface area contributed by atoms with Crippen LogP contribution in [0.3, 0.4) is 0 Å². The summed E-state index contributed by atoms with van der Waals surface area (Å²) in [5.74, 6) is 0.513. The maximum absolute atomic E-state index is 11.0. The molecule has 0 aromatic carbocycles. The first-order chi connectivity index (χ1) is 8.04. The number of rotatable bonds is 6. The van der Waals surface area contributed by atoms with Crippen molar-refractivity contribution in [2.75, 3.05) is 23.7 Å². The van der Waals surface area contributed by atoms with Crippen LogP contribution in [0.15, 0.2) is 6.20 Å². The summed E-state index contributed by atoms with van der Waals surface area (Å²) in [7, 11) is 0. The lowest BCUT2D eigenvalue weighted by Crippen LogP contribution is -2.35. The van der Waals surface area contributed by atoms with E-state index in [1.807, 2.05) is 11.8 Å². The summed E-state index contributed by atoms with van der Waals surface area (Å²) in [4.78, 5) is 21.0. The maximum Gasteiger partial charge on any atom is 0.236 e. The van der Waals surface area contributed by atoms with Gasteiger partial charge >= 0.3 is 0 Å². The SMILES string of the molecule is CCCCN(CC(N)=O)c1nc(N)ncc1C. The van der Waals surface area contributed by atoms with Gasteiger partial charge in [0.1, 0.15) is 5.82 Å². The lowest BCUT2D eigenvalue weighted by Gasteiger charge is -2.23. The molecule has 0 fully saturated rings. The van der Waals surface area contributed by atoms with Crippen LogP contribution in [0.5, 0.6) is 0 Å². The highest BCUT2D eigenvalue weighted by molar-refractivity contribution is 5.79. The minimum Gasteiger partial charge on any atom is -0.368 e. The fourth-order valence-corrected chi connectivity index (χ4v) is 1.56. The van der Waals surface area contributed by atoms with Crippen molar-refractivity contribution in [3.8, 4) is 0 Å². The highest BCUT2D eigenvalue weighted by Gasteiger charge is 2.13. The van der Waals surface area contributed by atoms with Gasteiger partial charge in [-0.3, -0.25) is 4.79 Å². The number of aromatic nitrogens is 2. The zero-order valence-corrected chi connectivity index (χ0v) is 10.3. The van der Waals surface area contributed by atoms with Gasteiger partial charge in [0.15, 0.2) is 0 Å². The van der Waals surface area contributed by atoms with E-state index in [0.29, 0.717) is 5.82 Å². The molecule has 1 amide bonds. The number of primary amides is 1. The molecule has 1 heterocycles. The minimum absolute atomic E-state index is 0.150.